The Hall–Kier alpha value is -1.45. The molecule has 1 aliphatic carbocycles. The molecule has 1 saturated carbocycles. The molecule has 1 aliphatic rings. The number of amides is 1. The van der Waals surface area contributed by atoms with Gasteiger partial charge in [0.15, 0.2) is 0 Å². The zero-order chi connectivity index (χ0) is 12.4. The van der Waals surface area contributed by atoms with Crippen molar-refractivity contribution in [1.29, 1.82) is 0 Å². The van der Waals surface area contributed by atoms with E-state index in [1.807, 2.05) is 19.0 Å². The van der Waals surface area contributed by atoms with Crippen LogP contribution in [0.15, 0.2) is 12.3 Å². The number of aromatic nitrogens is 1. The van der Waals surface area contributed by atoms with Gasteiger partial charge in [0.2, 0.25) is 0 Å². The SMILES string of the molecule is CN(C(=O)c1cc(N)cn1C)C1CCCCC1. The fraction of sp³-hybridized carbons (Fsp3) is 0.615. The molecule has 0 atom stereocenters. The van der Waals surface area contributed by atoms with Crippen LogP contribution in [0.2, 0.25) is 0 Å². The molecule has 0 saturated heterocycles. The fourth-order valence-electron chi connectivity index (χ4n) is 2.62. The summed E-state index contributed by atoms with van der Waals surface area (Å²) in [5.74, 6) is 0.0797. The van der Waals surface area contributed by atoms with Gasteiger partial charge in [0.05, 0.1) is 5.69 Å². The quantitative estimate of drug-likeness (QED) is 0.852. The van der Waals surface area contributed by atoms with Crippen LogP contribution in [0.5, 0.6) is 0 Å². The van der Waals surface area contributed by atoms with Crippen LogP contribution in [0.1, 0.15) is 42.6 Å². The minimum Gasteiger partial charge on any atom is -0.397 e. The maximum atomic E-state index is 12.3. The number of carbonyl (C=O) groups excluding carboxylic acids is 1. The third-order valence-electron chi connectivity index (χ3n) is 3.69. The van der Waals surface area contributed by atoms with E-state index in [9.17, 15) is 4.79 Å². The zero-order valence-corrected chi connectivity index (χ0v) is 10.6. The van der Waals surface area contributed by atoms with Gasteiger partial charge in [0.25, 0.3) is 5.91 Å². The number of aryl methyl sites for hydroxylation is 1. The topological polar surface area (TPSA) is 51.3 Å². The highest BCUT2D eigenvalue weighted by molar-refractivity contribution is 5.93. The van der Waals surface area contributed by atoms with Crippen LogP contribution in [-0.4, -0.2) is 28.5 Å². The molecule has 1 amide bonds. The van der Waals surface area contributed by atoms with Crippen molar-refractivity contribution < 1.29 is 4.79 Å². The molecular weight excluding hydrogens is 214 g/mol. The molecule has 0 spiro atoms. The highest BCUT2D eigenvalue weighted by Crippen LogP contribution is 2.23. The lowest BCUT2D eigenvalue weighted by Gasteiger charge is -2.31. The van der Waals surface area contributed by atoms with E-state index in [1.54, 1.807) is 16.8 Å². The molecular formula is C13H21N3O. The van der Waals surface area contributed by atoms with Gasteiger partial charge in [-0.3, -0.25) is 4.79 Å². The van der Waals surface area contributed by atoms with Crippen molar-refractivity contribution in [3.63, 3.8) is 0 Å². The summed E-state index contributed by atoms with van der Waals surface area (Å²) in [5, 5.41) is 0. The third kappa shape index (κ3) is 2.46. The molecule has 1 fully saturated rings. The number of nitrogens with zero attached hydrogens (tertiary/aromatic N) is 2. The Morgan fingerprint density at radius 1 is 1.41 bits per heavy atom. The summed E-state index contributed by atoms with van der Waals surface area (Å²) in [7, 11) is 3.76. The van der Waals surface area contributed by atoms with Gasteiger partial charge in [-0.05, 0) is 18.9 Å². The largest absolute Gasteiger partial charge is 0.397 e. The van der Waals surface area contributed by atoms with Crippen molar-refractivity contribution >= 4 is 11.6 Å². The van der Waals surface area contributed by atoms with Gasteiger partial charge in [-0.15, -0.1) is 0 Å². The normalized spacial score (nSPS) is 17.1. The van der Waals surface area contributed by atoms with Crippen LogP contribution in [0.25, 0.3) is 0 Å². The van der Waals surface area contributed by atoms with Crippen LogP contribution in [0.3, 0.4) is 0 Å². The molecule has 1 heterocycles. The predicted molar refractivity (Wildman–Crippen MR) is 68.8 cm³/mol. The third-order valence-corrected chi connectivity index (χ3v) is 3.69. The van der Waals surface area contributed by atoms with E-state index in [4.69, 9.17) is 5.73 Å². The first kappa shape index (κ1) is 12.0. The molecule has 1 aromatic heterocycles. The van der Waals surface area contributed by atoms with Crippen molar-refractivity contribution in [2.24, 2.45) is 7.05 Å². The van der Waals surface area contributed by atoms with Crippen molar-refractivity contribution in [1.82, 2.24) is 9.47 Å². The Morgan fingerprint density at radius 3 is 2.59 bits per heavy atom. The number of carbonyl (C=O) groups is 1. The summed E-state index contributed by atoms with van der Waals surface area (Å²) < 4.78 is 1.80. The molecule has 17 heavy (non-hydrogen) atoms. The molecule has 94 valence electrons. The summed E-state index contributed by atoms with van der Waals surface area (Å²) in [6.45, 7) is 0. The Bertz CT molecular complexity index is 405. The second kappa shape index (κ2) is 4.82. The van der Waals surface area contributed by atoms with Gasteiger partial charge in [0, 0.05) is 26.3 Å². The second-order valence-electron chi connectivity index (χ2n) is 4.98. The first-order chi connectivity index (χ1) is 8.09. The average Bonchev–Trinajstić information content (AvgIpc) is 2.68. The molecule has 0 aliphatic heterocycles. The van der Waals surface area contributed by atoms with Gasteiger partial charge >= 0.3 is 0 Å². The summed E-state index contributed by atoms with van der Waals surface area (Å²) in [6.07, 6.45) is 7.80. The van der Waals surface area contributed by atoms with Gasteiger partial charge in [-0.1, -0.05) is 19.3 Å². The fourth-order valence-corrected chi connectivity index (χ4v) is 2.62. The predicted octanol–water partition coefficient (Wildman–Crippen LogP) is 2.01. The van der Waals surface area contributed by atoms with E-state index in [2.05, 4.69) is 0 Å². The van der Waals surface area contributed by atoms with Gasteiger partial charge in [-0.25, -0.2) is 0 Å². The van der Waals surface area contributed by atoms with Crippen molar-refractivity contribution in [3.05, 3.63) is 18.0 Å². The molecule has 4 heteroatoms. The monoisotopic (exact) mass is 235 g/mol. The number of nitrogen functional groups attached to an aromatic ring is 1. The van der Waals surface area contributed by atoms with Gasteiger partial charge in [-0.2, -0.15) is 0 Å². The molecule has 0 bridgehead atoms. The van der Waals surface area contributed by atoms with Crippen LogP contribution in [-0.2, 0) is 7.05 Å². The molecule has 0 radical (unpaired) electrons. The lowest BCUT2D eigenvalue weighted by atomic mass is 9.94. The standard InChI is InChI=1S/C13H21N3O/c1-15-9-10(14)8-12(15)13(17)16(2)11-6-4-3-5-7-11/h8-9,11H,3-7,14H2,1-2H3. The first-order valence-electron chi connectivity index (χ1n) is 6.28. The van der Waals surface area contributed by atoms with Gasteiger partial charge in [0.1, 0.15) is 5.69 Å². The van der Waals surface area contributed by atoms with E-state index < -0.39 is 0 Å². The van der Waals surface area contributed by atoms with Crippen molar-refractivity contribution in [3.8, 4) is 0 Å². The minimum absolute atomic E-state index is 0.0797. The number of anilines is 1. The summed E-state index contributed by atoms with van der Waals surface area (Å²) >= 11 is 0. The van der Waals surface area contributed by atoms with Crippen LogP contribution < -0.4 is 5.73 Å². The number of nitrogens with two attached hydrogens (primary N) is 1. The molecule has 0 unspecified atom stereocenters. The molecule has 4 nitrogen and oxygen atoms in total. The van der Waals surface area contributed by atoms with Crippen molar-refractivity contribution in [2.45, 2.75) is 38.1 Å². The Balaban J connectivity index is 2.11. The highest BCUT2D eigenvalue weighted by atomic mass is 16.2. The molecule has 2 rings (SSSR count). The van der Waals surface area contributed by atoms with E-state index in [0.717, 1.165) is 12.8 Å². The number of rotatable bonds is 2. The molecule has 2 N–H and O–H groups in total. The first-order valence-corrected chi connectivity index (χ1v) is 6.28. The number of hydrogen-bond donors (Lipinski definition) is 1. The minimum atomic E-state index is 0.0797. The number of hydrogen-bond acceptors (Lipinski definition) is 2. The molecule has 0 aromatic carbocycles. The van der Waals surface area contributed by atoms with Crippen molar-refractivity contribution in [2.75, 3.05) is 12.8 Å². The highest BCUT2D eigenvalue weighted by Gasteiger charge is 2.24. The van der Waals surface area contributed by atoms with E-state index >= 15 is 0 Å². The second-order valence-corrected chi connectivity index (χ2v) is 4.98. The van der Waals surface area contributed by atoms with Crippen LogP contribution in [0.4, 0.5) is 5.69 Å². The summed E-state index contributed by atoms with van der Waals surface area (Å²) in [4.78, 5) is 14.2. The van der Waals surface area contributed by atoms with Crippen LogP contribution >= 0.6 is 0 Å². The maximum Gasteiger partial charge on any atom is 0.270 e. The zero-order valence-electron chi connectivity index (χ0n) is 10.6. The Kier molecular flexibility index (Phi) is 3.41. The van der Waals surface area contributed by atoms with Crippen LogP contribution in [0, 0.1) is 0 Å². The maximum absolute atomic E-state index is 12.3. The lowest BCUT2D eigenvalue weighted by molar-refractivity contribution is 0.0686. The average molecular weight is 235 g/mol. The van der Waals surface area contributed by atoms with Gasteiger partial charge < -0.3 is 15.2 Å². The summed E-state index contributed by atoms with van der Waals surface area (Å²) in [6, 6.07) is 2.15. The Morgan fingerprint density at radius 2 is 2.06 bits per heavy atom. The van der Waals surface area contributed by atoms with E-state index in [0.29, 0.717) is 17.4 Å². The lowest BCUT2D eigenvalue weighted by Crippen LogP contribution is -2.39. The summed E-state index contributed by atoms with van der Waals surface area (Å²) in [5.41, 5.74) is 7.03. The smallest absolute Gasteiger partial charge is 0.270 e. The Labute approximate surface area is 102 Å². The van der Waals surface area contributed by atoms with E-state index in [-0.39, 0.29) is 5.91 Å². The van der Waals surface area contributed by atoms with E-state index in [1.165, 1.54) is 19.3 Å². The molecule has 1 aromatic rings.